The minimum absolute atomic E-state index is 0.458. The zero-order chi connectivity index (χ0) is 20.8. The van der Waals surface area contributed by atoms with Gasteiger partial charge >= 0.3 is 0 Å². The minimum Gasteiger partial charge on any atom is -0.381 e. The maximum Gasteiger partial charge on any atom is 0.0608 e. The Morgan fingerprint density at radius 1 is 1.07 bits per heavy atom. The van der Waals surface area contributed by atoms with E-state index in [2.05, 4.69) is 52.8 Å². The van der Waals surface area contributed by atoms with Gasteiger partial charge in [-0.2, -0.15) is 0 Å². The van der Waals surface area contributed by atoms with E-state index in [9.17, 15) is 0 Å². The molecule has 0 saturated heterocycles. The fourth-order valence-electron chi connectivity index (χ4n) is 8.37. The van der Waals surface area contributed by atoms with Gasteiger partial charge in [-0.1, -0.05) is 64.8 Å². The lowest BCUT2D eigenvalue weighted by atomic mass is 9.47. The summed E-state index contributed by atoms with van der Waals surface area (Å²) in [6, 6.07) is 0. The SMILES string of the molecule is CC[C@H](C)/C=C/[C@@H](C)[C@H]1CCC2C3CC=C4C[C@@H](OC)CC[C@]4(C)C3CC[C@@]21C. The van der Waals surface area contributed by atoms with E-state index in [1.807, 2.05) is 7.11 Å². The summed E-state index contributed by atoms with van der Waals surface area (Å²) in [5, 5.41) is 0. The minimum atomic E-state index is 0.458. The molecule has 0 bridgehead atoms. The highest BCUT2D eigenvalue weighted by atomic mass is 16.5. The molecule has 9 atom stereocenters. The van der Waals surface area contributed by atoms with Crippen molar-refractivity contribution in [3.63, 3.8) is 0 Å². The molecule has 3 unspecified atom stereocenters. The molecule has 0 aromatic heterocycles. The van der Waals surface area contributed by atoms with E-state index in [0.29, 0.717) is 16.9 Å². The summed E-state index contributed by atoms with van der Waals surface area (Å²) in [5.74, 6) is 5.14. The van der Waals surface area contributed by atoms with Crippen molar-refractivity contribution in [1.29, 1.82) is 0 Å². The maximum atomic E-state index is 5.75. The van der Waals surface area contributed by atoms with E-state index < -0.39 is 0 Å². The first-order valence-electron chi connectivity index (χ1n) is 12.7. The third-order valence-corrected chi connectivity index (χ3v) is 10.5. The number of fused-ring (bicyclic) bond motifs is 5. The van der Waals surface area contributed by atoms with Crippen LogP contribution in [0.25, 0.3) is 0 Å². The highest BCUT2D eigenvalue weighted by molar-refractivity contribution is 5.25. The number of allylic oxidation sites excluding steroid dienone is 3. The zero-order valence-corrected chi connectivity index (χ0v) is 20.0. The van der Waals surface area contributed by atoms with Crippen LogP contribution in [0.3, 0.4) is 0 Å². The number of methoxy groups -OCH3 is 1. The molecule has 1 nitrogen and oxygen atoms in total. The van der Waals surface area contributed by atoms with Crippen LogP contribution in [0.15, 0.2) is 23.8 Å². The summed E-state index contributed by atoms with van der Waals surface area (Å²) in [4.78, 5) is 0. The Labute approximate surface area is 180 Å². The van der Waals surface area contributed by atoms with Crippen LogP contribution in [0.4, 0.5) is 0 Å². The average Bonchev–Trinajstić information content (AvgIpc) is 3.08. The van der Waals surface area contributed by atoms with Crippen molar-refractivity contribution in [2.45, 2.75) is 98.5 Å². The second-order valence-corrected chi connectivity index (χ2v) is 11.7. The van der Waals surface area contributed by atoms with Gasteiger partial charge in [0.25, 0.3) is 0 Å². The van der Waals surface area contributed by atoms with Crippen LogP contribution in [-0.4, -0.2) is 13.2 Å². The number of rotatable bonds is 5. The van der Waals surface area contributed by atoms with Crippen molar-refractivity contribution in [1.82, 2.24) is 0 Å². The van der Waals surface area contributed by atoms with Crippen molar-refractivity contribution in [2.75, 3.05) is 7.11 Å². The van der Waals surface area contributed by atoms with Gasteiger partial charge < -0.3 is 4.74 Å². The summed E-state index contributed by atoms with van der Waals surface area (Å²) in [7, 11) is 1.90. The first-order valence-corrected chi connectivity index (χ1v) is 12.7. The molecule has 4 rings (SSSR count). The highest BCUT2D eigenvalue weighted by Gasteiger charge is 2.59. The third-order valence-electron chi connectivity index (χ3n) is 10.5. The number of ether oxygens (including phenoxy) is 1. The topological polar surface area (TPSA) is 9.23 Å². The lowest BCUT2D eigenvalue weighted by molar-refractivity contribution is -0.0572. The Kier molecular flexibility index (Phi) is 6.11. The fourth-order valence-corrected chi connectivity index (χ4v) is 8.37. The van der Waals surface area contributed by atoms with Crippen LogP contribution in [0, 0.1) is 46.3 Å². The molecule has 0 aliphatic heterocycles. The average molecular weight is 399 g/mol. The molecular formula is C28H46O. The molecule has 0 N–H and O–H groups in total. The van der Waals surface area contributed by atoms with Gasteiger partial charge in [0.2, 0.25) is 0 Å². The largest absolute Gasteiger partial charge is 0.381 e. The monoisotopic (exact) mass is 398 g/mol. The van der Waals surface area contributed by atoms with Crippen molar-refractivity contribution in [3.8, 4) is 0 Å². The first-order chi connectivity index (χ1) is 13.8. The van der Waals surface area contributed by atoms with Gasteiger partial charge in [-0.25, -0.2) is 0 Å². The first kappa shape index (κ1) is 21.7. The molecule has 3 fully saturated rings. The van der Waals surface area contributed by atoms with Crippen molar-refractivity contribution < 1.29 is 4.74 Å². The van der Waals surface area contributed by atoms with Gasteiger partial charge in [0.15, 0.2) is 0 Å². The summed E-state index contributed by atoms with van der Waals surface area (Å²) in [6.45, 7) is 12.5. The van der Waals surface area contributed by atoms with Crippen LogP contribution in [0.1, 0.15) is 92.4 Å². The van der Waals surface area contributed by atoms with Crippen molar-refractivity contribution in [2.24, 2.45) is 46.3 Å². The van der Waals surface area contributed by atoms with E-state index in [4.69, 9.17) is 4.74 Å². The van der Waals surface area contributed by atoms with Gasteiger partial charge in [0.05, 0.1) is 6.10 Å². The second kappa shape index (κ2) is 8.18. The predicted octanol–water partition coefficient (Wildman–Crippen LogP) is 7.82. The van der Waals surface area contributed by atoms with Gasteiger partial charge in [-0.15, -0.1) is 0 Å². The van der Waals surface area contributed by atoms with Crippen LogP contribution in [0.2, 0.25) is 0 Å². The molecule has 0 spiro atoms. The molecule has 29 heavy (non-hydrogen) atoms. The normalized spacial score (nSPS) is 46.6. The molecule has 0 aromatic rings. The van der Waals surface area contributed by atoms with Crippen molar-refractivity contribution >= 4 is 0 Å². The summed E-state index contributed by atoms with van der Waals surface area (Å²) in [6.07, 6.45) is 20.5. The van der Waals surface area contributed by atoms with Crippen LogP contribution >= 0.6 is 0 Å². The predicted molar refractivity (Wildman–Crippen MR) is 124 cm³/mol. The molecule has 164 valence electrons. The zero-order valence-electron chi connectivity index (χ0n) is 20.0. The number of hydrogen-bond donors (Lipinski definition) is 0. The molecular weight excluding hydrogens is 352 g/mol. The lowest BCUT2D eigenvalue weighted by Gasteiger charge is -2.58. The Bertz CT molecular complexity index is 647. The Hall–Kier alpha value is -0.560. The highest BCUT2D eigenvalue weighted by Crippen LogP contribution is 2.67. The summed E-state index contributed by atoms with van der Waals surface area (Å²) >= 11 is 0. The van der Waals surface area contributed by atoms with E-state index in [0.717, 1.165) is 35.5 Å². The Balaban J connectivity index is 1.53. The van der Waals surface area contributed by atoms with Crippen LogP contribution in [0.5, 0.6) is 0 Å². The van der Waals surface area contributed by atoms with Gasteiger partial charge in [0.1, 0.15) is 0 Å². The van der Waals surface area contributed by atoms with E-state index in [1.165, 1.54) is 57.8 Å². The summed E-state index contributed by atoms with van der Waals surface area (Å²) < 4.78 is 5.75. The molecule has 4 aliphatic carbocycles. The van der Waals surface area contributed by atoms with Crippen molar-refractivity contribution in [3.05, 3.63) is 23.8 Å². The molecule has 3 saturated carbocycles. The quantitative estimate of drug-likeness (QED) is 0.429. The number of hydrogen-bond acceptors (Lipinski definition) is 1. The van der Waals surface area contributed by atoms with E-state index in [1.54, 1.807) is 5.57 Å². The van der Waals surface area contributed by atoms with Crippen LogP contribution < -0.4 is 0 Å². The summed E-state index contributed by atoms with van der Waals surface area (Å²) in [5.41, 5.74) is 2.77. The maximum absolute atomic E-state index is 5.75. The lowest BCUT2D eigenvalue weighted by Crippen LogP contribution is -2.50. The molecule has 0 heterocycles. The Morgan fingerprint density at radius 2 is 1.86 bits per heavy atom. The molecule has 0 amide bonds. The van der Waals surface area contributed by atoms with E-state index in [-0.39, 0.29) is 0 Å². The van der Waals surface area contributed by atoms with Gasteiger partial charge in [-0.3, -0.25) is 0 Å². The second-order valence-electron chi connectivity index (χ2n) is 11.7. The third kappa shape index (κ3) is 3.58. The van der Waals surface area contributed by atoms with E-state index >= 15 is 0 Å². The Morgan fingerprint density at radius 3 is 2.59 bits per heavy atom. The molecule has 0 radical (unpaired) electrons. The standard InChI is InChI=1S/C28H46O/c1-7-19(2)8-9-20(3)24-12-13-25-23-11-10-21-18-22(29-6)14-16-27(21,4)26(23)15-17-28(24,25)5/h8-10,19-20,22-26H,7,11-18H2,1-6H3/b9-8+/t19-,20+,22-,23?,24+,25?,26?,27-,28+/m0/s1. The molecule has 4 aliphatic rings. The fraction of sp³-hybridized carbons (Fsp3) is 0.857. The molecule has 0 aromatic carbocycles. The van der Waals surface area contributed by atoms with Crippen LogP contribution in [-0.2, 0) is 4.74 Å². The van der Waals surface area contributed by atoms with Gasteiger partial charge in [0, 0.05) is 7.11 Å². The smallest absolute Gasteiger partial charge is 0.0608 e. The molecule has 1 heteroatoms. The van der Waals surface area contributed by atoms with Gasteiger partial charge in [-0.05, 0) is 97.7 Å².